The fourth-order valence-electron chi connectivity index (χ4n) is 0.758. The van der Waals surface area contributed by atoms with Crippen LogP contribution in [0.25, 0.3) is 0 Å². The Morgan fingerprint density at radius 3 is 2.40 bits per heavy atom. The molecule has 0 unspecified atom stereocenters. The molecule has 0 aromatic heterocycles. The molecule has 2 N–H and O–H groups in total. The predicted molar refractivity (Wildman–Crippen MR) is 35.5 cm³/mol. The summed E-state index contributed by atoms with van der Waals surface area (Å²) in [5, 5.41) is 4.80. The molecule has 60 valence electrons. The lowest BCUT2D eigenvalue weighted by molar-refractivity contribution is 0.0125. The number of rotatable bonds is 2. The zero-order valence-electron chi connectivity index (χ0n) is 5.65. The Morgan fingerprint density at radius 1 is 1.60 bits per heavy atom. The average molecular weight is 166 g/mol. The number of hydrogen-bond acceptors (Lipinski definition) is 3. The van der Waals surface area contributed by atoms with E-state index >= 15 is 0 Å². The van der Waals surface area contributed by atoms with Gasteiger partial charge in [0.2, 0.25) is 0 Å². The normalized spacial score (nSPS) is 22.6. The molecule has 5 nitrogen and oxygen atoms in total. The van der Waals surface area contributed by atoms with Crippen molar-refractivity contribution in [3.05, 3.63) is 0 Å². The van der Waals surface area contributed by atoms with Crippen LogP contribution >= 0.6 is 0 Å². The molecule has 1 fully saturated rings. The first kappa shape index (κ1) is 7.93. The lowest BCUT2D eigenvalue weighted by atomic mass is 10.2. The Balaban J connectivity index is 2.41. The number of ether oxygens (including phenoxy) is 1. The Morgan fingerprint density at radius 2 is 2.10 bits per heavy atom. The van der Waals surface area contributed by atoms with Crippen molar-refractivity contribution in [2.24, 2.45) is 5.14 Å². The minimum absolute atomic E-state index is 0.0262. The van der Waals surface area contributed by atoms with Crippen molar-refractivity contribution in [1.82, 2.24) is 4.31 Å². The summed E-state index contributed by atoms with van der Waals surface area (Å²) in [4.78, 5) is 0. The van der Waals surface area contributed by atoms with Gasteiger partial charge in [-0.05, 0) is 0 Å². The van der Waals surface area contributed by atoms with Gasteiger partial charge in [0.25, 0.3) is 10.2 Å². The van der Waals surface area contributed by atoms with E-state index in [1.54, 1.807) is 7.11 Å². The monoisotopic (exact) mass is 166 g/mol. The Hall–Kier alpha value is -0.170. The van der Waals surface area contributed by atoms with E-state index in [0.717, 1.165) is 0 Å². The van der Waals surface area contributed by atoms with Gasteiger partial charge in [-0.15, -0.1) is 0 Å². The topological polar surface area (TPSA) is 72.6 Å². The van der Waals surface area contributed by atoms with Gasteiger partial charge in [-0.3, -0.25) is 0 Å². The van der Waals surface area contributed by atoms with E-state index in [-0.39, 0.29) is 6.10 Å². The molecule has 1 saturated heterocycles. The zero-order chi connectivity index (χ0) is 7.78. The molecule has 0 bridgehead atoms. The number of hydrogen-bond donors (Lipinski definition) is 1. The largest absolute Gasteiger partial charge is 0.379 e. The van der Waals surface area contributed by atoms with E-state index in [2.05, 4.69) is 0 Å². The molecular weight excluding hydrogens is 156 g/mol. The molecule has 6 heteroatoms. The molecule has 0 amide bonds. The highest BCUT2D eigenvalue weighted by atomic mass is 32.2. The third-order valence-electron chi connectivity index (χ3n) is 1.51. The first-order valence-electron chi connectivity index (χ1n) is 2.84. The number of nitrogens with zero attached hydrogens (tertiary/aromatic N) is 1. The van der Waals surface area contributed by atoms with Crippen molar-refractivity contribution < 1.29 is 13.2 Å². The van der Waals surface area contributed by atoms with E-state index in [4.69, 9.17) is 9.88 Å². The van der Waals surface area contributed by atoms with E-state index in [9.17, 15) is 8.42 Å². The summed E-state index contributed by atoms with van der Waals surface area (Å²) in [7, 11) is -1.91. The van der Waals surface area contributed by atoms with Crippen LogP contribution in [0.1, 0.15) is 0 Å². The lowest BCUT2D eigenvalue weighted by Crippen LogP contribution is -2.56. The SMILES string of the molecule is COC1CN(S(N)(=O)=O)C1. The molecule has 0 radical (unpaired) electrons. The summed E-state index contributed by atoms with van der Waals surface area (Å²) >= 11 is 0. The number of methoxy groups -OCH3 is 1. The van der Waals surface area contributed by atoms with E-state index in [1.807, 2.05) is 0 Å². The molecule has 1 rings (SSSR count). The fourth-order valence-corrected chi connectivity index (χ4v) is 1.51. The molecular formula is C4H10N2O3S. The van der Waals surface area contributed by atoms with E-state index in [0.29, 0.717) is 13.1 Å². The molecule has 0 saturated carbocycles. The molecule has 1 aliphatic heterocycles. The summed E-state index contributed by atoms with van der Waals surface area (Å²) < 4.78 is 27.1. The minimum Gasteiger partial charge on any atom is -0.379 e. The third kappa shape index (κ3) is 1.46. The van der Waals surface area contributed by atoms with Crippen LogP contribution < -0.4 is 5.14 Å². The molecule has 0 aliphatic carbocycles. The van der Waals surface area contributed by atoms with Crippen LogP contribution in [-0.2, 0) is 14.9 Å². The Bertz CT molecular complexity index is 207. The van der Waals surface area contributed by atoms with Gasteiger partial charge in [0.15, 0.2) is 0 Å². The Kier molecular flexibility index (Phi) is 1.95. The standard InChI is InChI=1S/C4H10N2O3S/c1-9-4-2-6(3-4)10(5,7)8/h4H,2-3H2,1H3,(H2,5,7,8). The van der Waals surface area contributed by atoms with Gasteiger partial charge in [-0.1, -0.05) is 0 Å². The van der Waals surface area contributed by atoms with Gasteiger partial charge in [-0.25, -0.2) is 5.14 Å². The van der Waals surface area contributed by atoms with Crippen molar-refractivity contribution in [3.63, 3.8) is 0 Å². The minimum atomic E-state index is -3.46. The molecule has 0 aromatic carbocycles. The maximum atomic E-state index is 10.5. The maximum Gasteiger partial charge on any atom is 0.277 e. The predicted octanol–water partition coefficient (Wildman–Crippen LogP) is -1.48. The highest BCUT2D eigenvalue weighted by molar-refractivity contribution is 7.86. The smallest absolute Gasteiger partial charge is 0.277 e. The van der Waals surface area contributed by atoms with Crippen molar-refractivity contribution in [2.45, 2.75) is 6.10 Å². The summed E-state index contributed by atoms with van der Waals surface area (Å²) in [6.07, 6.45) is 0.0262. The van der Waals surface area contributed by atoms with Gasteiger partial charge >= 0.3 is 0 Å². The molecule has 0 aromatic rings. The van der Waals surface area contributed by atoms with Gasteiger partial charge in [0.1, 0.15) is 0 Å². The second-order valence-electron chi connectivity index (χ2n) is 2.22. The van der Waals surface area contributed by atoms with E-state index < -0.39 is 10.2 Å². The van der Waals surface area contributed by atoms with Crippen LogP contribution in [0, 0.1) is 0 Å². The zero-order valence-corrected chi connectivity index (χ0v) is 6.47. The summed E-state index contributed by atoms with van der Waals surface area (Å²) in [5.41, 5.74) is 0. The summed E-state index contributed by atoms with van der Waals surface area (Å²) in [6.45, 7) is 0.769. The molecule has 1 aliphatic rings. The van der Waals surface area contributed by atoms with Crippen molar-refractivity contribution in [2.75, 3.05) is 20.2 Å². The quantitative estimate of drug-likeness (QED) is 0.543. The van der Waals surface area contributed by atoms with Gasteiger partial charge < -0.3 is 4.74 Å². The van der Waals surface area contributed by atoms with Crippen molar-refractivity contribution in [1.29, 1.82) is 0 Å². The first-order chi connectivity index (χ1) is 4.54. The second-order valence-corrected chi connectivity index (χ2v) is 3.77. The Labute approximate surface area is 59.9 Å². The maximum absolute atomic E-state index is 10.5. The van der Waals surface area contributed by atoms with Gasteiger partial charge in [0.05, 0.1) is 6.10 Å². The van der Waals surface area contributed by atoms with Crippen molar-refractivity contribution in [3.8, 4) is 0 Å². The molecule has 1 heterocycles. The highest BCUT2D eigenvalue weighted by Gasteiger charge is 2.33. The van der Waals surface area contributed by atoms with Crippen LogP contribution in [-0.4, -0.2) is 39.0 Å². The fraction of sp³-hybridized carbons (Fsp3) is 1.00. The van der Waals surface area contributed by atoms with Crippen LogP contribution in [0.3, 0.4) is 0 Å². The summed E-state index contributed by atoms with van der Waals surface area (Å²) in [5.74, 6) is 0. The summed E-state index contributed by atoms with van der Waals surface area (Å²) in [6, 6.07) is 0. The number of nitrogens with two attached hydrogens (primary N) is 1. The molecule has 10 heavy (non-hydrogen) atoms. The third-order valence-corrected chi connectivity index (χ3v) is 2.53. The van der Waals surface area contributed by atoms with Crippen LogP contribution in [0.4, 0.5) is 0 Å². The van der Waals surface area contributed by atoms with Crippen LogP contribution in [0.15, 0.2) is 0 Å². The molecule has 0 spiro atoms. The van der Waals surface area contributed by atoms with Gasteiger partial charge in [-0.2, -0.15) is 12.7 Å². The van der Waals surface area contributed by atoms with Crippen LogP contribution in [0.2, 0.25) is 0 Å². The highest BCUT2D eigenvalue weighted by Crippen LogP contribution is 2.12. The van der Waals surface area contributed by atoms with Gasteiger partial charge in [0, 0.05) is 20.2 Å². The van der Waals surface area contributed by atoms with Crippen LogP contribution in [0.5, 0.6) is 0 Å². The first-order valence-corrected chi connectivity index (χ1v) is 4.35. The lowest BCUT2D eigenvalue weighted by Gasteiger charge is -2.35. The second kappa shape index (κ2) is 2.46. The van der Waals surface area contributed by atoms with E-state index in [1.165, 1.54) is 4.31 Å². The van der Waals surface area contributed by atoms with Crippen molar-refractivity contribution >= 4 is 10.2 Å². The average Bonchev–Trinajstić information content (AvgIpc) is 1.57. The molecule has 0 atom stereocenters.